The molecule has 0 radical (unpaired) electrons. The largest absolute Gasteiger partial charge is 0.467 e. The van der Waals surface area contributed by atoms with Crippen LogP contribution < -0.4 is 0 Å². The van der Waals surface area contributed by atoms with Gasteiger partial charge < -0.3 is 9.47 Å². The molecule has 0 aromatic rings. The summed E-state index contributed by atoms with van der Waals surface area (Å²) in [6.45, 7) is 2.28. The van der Waals surface area contributed by atoms with Gasteiger partial charge in [0, 0.05) is 7.11 Å². The number of carbonyl (C=O) groups is 1. The predicted octanol–water partition coefficient (Wildman–Crippen LogP) is 6.83. The number of hydrogen-bond acceptors (Lipinski definition) is 3. The molecule has 0 aromatic carbocycles. The first-order valence-corrected chi connectivity index (χ1v) is 10.9. The number of ether oxygens (including phenoxy) is 2. The van der Waals surface area contributed by atoms with Gasteiger partial charge in [-0.15, -0.1) is 0 Å². The molecule has 0 saturated carbocycles. The number of methoxy groups -OCH3 is 2. The number of unbranched alkanes of at least 4 members (excludes halogenated alkanes) is 15. The van der Waals surface area contributed by atoms with E-state index in [2.05, 4.69) is 6.92 Å². The highest BCUT2D eigenvalue weighted by molar-refractivity contribution is 5.74. The van der Waals surface area contributed by atoms with Crippen molar-refractivity contribution in [1.29, 1.82) is 0 Å². The van der Waals surface area contributed by atoms with Crippen LogP contribution in [0.25, 0.3) is 0 Å². The molecular weight excluding hydrogens is 312 g/mol. The summed E-state index contributed by atoms with van der Waals surface area (Å²) in [6, 6.07) is 0. The van der Waals surface area contributed by atoms with E-state index in [1.807, 2.05) is 0 Å². The van der Waals surface area contributed by atoms with Gasteiger partial charge in [0.05, 0.1) is 7.11 Å². The van der Waals surface area contributed by atoms with E-state index in [-0.39, 0.29) is 12.1 Å². The van der Waals surface area contributed by atoms with Gasteiger partial charge in [-0.3, -0.25) is 0 Å². The first-order chi connectivity index (χ1) is 12.3. The first kappa shape index (κ1) is 24.4. The maximum atomic E-state index is 11.4. The summed E-state index contributed by atoms with van der Waals surface area (Å²) >= 11 is 0. The van der Waals surface area contributed by atoms with Crippen LogP contribution in [-0.2, 0) is 14.3 Å². The van der Waals surface area contributed by atoms with Gasteiger partial charge in [0.1, 0.15) is 0 Å². The molecule has 0 fully saturated rings. The van der Waals surface area contributed by atoms with Crippen molar-refractivity contribution in [3.05, 3.63) is 0 Å². The molecule has 0 bridgehead atoms. The Balaban J connectivity index is 3.17. The van der Waals surface area contributed by atoms with E-state index < -0.39 is 0 Å². The lowest BCUT2D eigenvalue weighted by Gasteiger charge is -2.12. The number of rotatable bonds is 19. The fourth-order valence-corrected chi connectivity index (χ4v) is 3.34. The molecule has 0 spiro atoms. The predicted molar refractivity (Wildman–Crippen MR) is 107 cm³/mol. The topological polar surface area (TPSA) is 35.5 Å². The van der Waals surface area contributed by atoms with Crippen LogP contribution in [0.15, 0.2) is 0 Å². The second-order valence-corrected chi connectivity index (χ2v) is 7.34. The second kappa shape index (κ2) is 19.8. The zero-order valence-electron chi connectivity index (χ0n) is 17.3. The normalized spacial score (nSPS) is 12.3. The van der Waals surface area contributed by atoms with Gasteiger partial charge in [-0.2, -0.15) is 0 Å². The Morgan fingerprint density at radius 2 is 1.00 bits per heavy atom. The molecule has 0 heterocycles. The molecule has 0 aliphatic rings. The summed E-state index contributed by atoms with van der Waals surface area (Å²) in [6.07, 6.45) is 22.2. The van der Waals surface area contributed by atoms with Crippen molar-refractivity contribution in [3.8, 4) is 0 Å². The molecule has 25 heavy (non-hydrogen) atoms. The summed E-state index contributed by atoms with van der Waals surface area (Å²) in [7, 11) is 3.00. The van der Waals surface area contributed by atoms with Crippen molar-refractivity contribution in [1.82, 2.24) is 0 Å². The molecule has 3 nitrogen and oxygen atoms in total. The summed E-state index contributed by atoms with van der Waals surface area (Å²) in [5.74, 6) is -0.247. The molecule has 150 valence electrons. The Kier molecular flexibility index (Phi) is 19.3. The van der Waals surface area contributed by atoms with Crippen LogP contribution in [0.4, 0.5) is 0 Å². The highest BCUT2D eigenvalue weighted by atomic mass is 16.6. The van der Waals surface area contributed by atoms with Crippen LogP contribution >= 0.6 is 0 Å². The highest BCUT2D eigenvalue weighted by Crippen LogP contribution is 2.14. The fraction of sp³-hybridized carbons (Fsp3) is 0.955. The van der Waals surface area contributed by atoms with Crippen LogP contribution in [0.3, 0.4) is 0 Å². The van der Waals surface area contributed by atoms with Gasteiger partial charge in [0.2, 0.25) is 0 Å². The summed E-state index contributed by atoms with van der Waals surface area (Å²) in [5.41, 5.74) is 0. The van der Waals surface area contributed by atoms with Crippen molar-refractivity contribution in [3.63, 3.8) is 0 Å². The highest BCUT2D eigenvalue weighted by Gasteiger charge is 2.17. The summed E-state index contributed by atoms with van der Waals surface area (Å²) < 4.78 is 9.87. The van der Waals surface area contributed by atoms with E-state index in [0.29, 0.717) is 0 Å². The lowest BCUT2D eigenvalue weighted by molar-refractivity contribution is -0.152. The van der Waals surface area contributed by atoms with Crippen LogP contribution in [0.1, 0.15) is 116 Å². The van der Waals surface area contributed by atoms with Crippen LogP contribution in [0.5, 0.6) is 0 Å². The maximum absolute atomic E-state index is 11.4. The van der Waals surface area contributed by atoms with Gasteiger partial charge in [-0.1, -0.05) is 110 Å². The van der Waals surface area contributed by atoms with Crippen molar-refractivity contribution in [2.75, 3.05) is 14.2 Å². The molecular formula is C22H44O3. The van der Waals surface area contributed by atoms with E-state index in [4.69, 9.17) is 9.47 Å². The van der Waals surface area contributed by atoms with E-state index in [0.717, 1.165) is 12.8 Å². The Morgan fingerprint density at radius 3 is 1.32 bits per heavy atom. The van der Waals surface area contributed by atoms with E-state index in [1.165, 1.54) is 103 Å². The van der Waals surface area contributed by atoms with Crippen molar-refractivity contribution >= 4 is 5.97 Å². The van der Waals surface area contributed by atoms with Gasteiger partial charge in [-0.25, -0.2) is 4.79 Å². The third kappa shape index (κ3) is 16.6. The van der Waals surface area contributed by atoms with Crippen molar-refractivity contribution in [2.24, 2.45) is 0 Å². The van der Waals surface area contributed by atoms with Crippen LogP contribution in [0, 0.1) is 0 Å². The van der Waals surface area contributed by atoms with E-state index in [9.17, 15) is 4.79 Å². The number of hydrogen-bond donors (Lipinski definition) is 0. The molecule has 0 saturated heterocycles. The zero-order valence-corrected chi connectivity index (χ0v) is 17.3. The second-order valence-electron chi connectivity index (χ2n) is 7.34. The summed E-state index contributed by atoms with van der Waals surface area (Å²) in [5, 5.41) is 0. The number of esters is 1. The number of carbonyl (C=O) groups excluding carboxylic acids is 1. The van der Waals surface area contributed by atoms with Gasteiger partial charge in [0.15, 0.2) is 6.10 Å². The molecule has 0 aliphatic heterocycles. The molecule has 0 aliphatic carbocycles. The van der Waals surface area contributed by atoms with Gasteiger partial charge >= 0.3 is 5.97 Å². The van der Waals surface area contributed by atoms with Gasteiger partial charge in [0.25, 0.3) is 0 Å². The fourth-order valence-electron chi connectivity index (χ4n) is 3.34. The van der Waals surface area contributed by atoms with Gasteiger partial charge in [-0.05, 0) is 6.42 Å². The minimum atomic E-state index is -0.378. The van der Waals surface area contributed by atoms with E-state index in [1.54, 1.807) is 7.11 Å². The lowest BCUT2D eigenvalue weighted by Crippen LogP contribution is -2.24. The lowest BCUT2D eigenvalue weighted by atomic mass is 10.0. The third-order valence-electron chi connectivity index (χ3n) is 5.07. The first-order valence-electron chi connectivity index (χ1n) is 10.9. The maximum Gasteiger partial charge on any atom is 0.334 e. The summed E-state index contributed by atoms with van der Waals surface area (Å²) in [4.78, 5) is 11.4. The minimum absolute atomic E-state index is 0.247. The molecule has 0 amide bonds. The average Bonchev–Trinajstić information content (AvgIpc) is 2.64. The molecule has 0 rings (SSSR count). The molecule has 3 heteroatoms. The zero-order chi connectivity index (χ0) is 18.6. The van der Waals surface area contributed by atoms with Crippen LogP contribution in [-0.4, -0.2) is 26.3 Å². The Bertz CT molecular complexity index is 278. The van der Waals surface area contributed by atoms with E-state index >= 15 is 0 Å². The minimum Gasteiger partial charge on any atom is -0.467 e. The Hall–Kier alpha value is -0.570. The molecule has 0 aromatic heterocycles. The monoisotopic (exact) mass is 356 g/mol. The van der Waals surface area contributed by atoms with Crippen molar-refractivity contribution < 1.29 is 14.3 Å². The SMILES string of the molecule is CCCCCCCCCCCCCCCCCCC(OC)C(=O)OC. The van der Waals surface area contributed by atoms with Crippen LogP contribution in [0.2, 0.25) is 0 Å². The molecule has 0 N–H and O–H groups in total. The Morgan fingerprint density at radius 1 is 0.640 bits per heavy atom. The quantitative estimate of drug-likeness (QED) is 0.188. The average molecular weight is 357 g/mol. The van der Waals surface area contributed by atoms with Crippen molar-refractivity contribution in [2.45, 2.75) is 122 Å². The Labute approximate surface area is 157 Å². The smallest absolute Gasteiger partial charge is 0.334 e. The molecule has 1 atom stereocenters. The standard InChI is InChI=1S/C22H44O3/c1-4-5-6-7-8-9-10-11-12-13-14-15-16-17-18-19-20-21(24-2)22(23)25-3/h21H,4-20H2,1-3H3. The molecule has 1 unspecified atom stereocenters. The third-order valence-corrected chi connectivity index (χ3v) is 5.07.